The number of halogens is 1. The second-order valence-electron chi connectivity index (χ2n) is 16.9. The van der Waals surface area contributed by atoms with Crippen molar-refractivity contribution in [3.05, 3.63) is 61.3 Å². The fourth-order valence-corrected chi connectivity index (χ4v) is 9.06. The fraction of sp³-hybridized carbons (Fsp3) is 0.524. The molecule has 4 amide bonds. The summed E-state index contributed by atoms with van der Waals surface area (Å²) in [4.78, 5) is 69.2. The van der Waals surface area contributed by atoms with Crippen molar-refractivity contribution in [1.29, 1.82) is 0 Å². The number of amides is 4. The average molecular weight is 819 g/mol. The summed E-state index contributed by atoms with van der Waals surface area (Å²) in [7, 11) is -1.70. The summed E-state index contributed by atoms with van der Waals surface area (Å²) in [5.74, 6) is -2.58. The lowest BCUT2D eigenvalue weighted by atomic mass is 9.77. The van der Waals surface area contributed by atoms with Crippen LogP contribution in [0.1, 0.15) is 65.7 Å². The zero-order valence-electron chi connectivity index (χ0n) is 33.3. The number of carbonyl (C=O) groups is 4. The molecule has 1 aromatic carbocycles. The first-order chi connectivity index (χ1) is 27.6. The Morgan fingerprint density at radius 3 is 2.50 bits per heavy atom. The van der Waals surface area contributed by atoms with Crippen LogP contribution in [-0.4, -0.2) is 113 Å². The molecule has 2 saturated heterocycles. The molecule has 3 aromatic rings. The number of nitrogens with zero attached hydrogens (tertiary/aromatic N) is 5. The molecular weight excluding hydrogens is 768 g/mol. The van der Waals surface area contributed by atoms with Crippen molar-refractivity contribution in [2.75, 3.05) is 26.7 Å². The van der Waals surface area contributed by atoms with Gasteiger partial charge in [-0.1, -0.05) is 32.9 Å². The van der Waals surface area contributed by atoms with Crippen molar-refractivity contribution >= 4 is 45.4 Å². The molecule has 2 aromatic heterocycles. The van der Waals surface area contributed by atoms with Crippen LogP contribution in [0.4, 0.5) is 4.39 Å². The van der Waals surface area contributed by atoms with E-state index < -0.39 is 75.8 Å². The lowest BCUT2D eigenvalue weighted by Crippen LogP contribution is -2.57. The van der Waals surface area contributed by atoms with Crippen molar-refractivity contribution in [3.8, 4) is 22.9 Å². The van der Waals surface area contributed by atoms with E-state index in [-0.39, 0.29) is 38.3 Å². The average Bonchev–Trinajstić information content (AvgIpc) is 4.12. The van der Waals surface area contributed by atoms with Crippen LogP contribution in [0, 0.1) is 17.3 Å². The maximum absolute atomic E-state index is 14.9. The summed E-state index contributed by atoms with van der Waals surface area (Å²) >= 11 is 0. The molecule has 0 radical (unpaired) electrons. The number of hydrogen-bond acceptors (Lipinski definition) is 10. The molecule has 4 fully saturated rings. The monoisotopic (exact) mass is 818 g/mol. The molecule has 4 aliphatic rings. The summed E-state index contributed by atoms with van der Waals surface area (Å²) in [6.07, 6.45) is 3.26. The number of thiol groups is 1. The molecule has 0 spiro atoms. The number of piperidine rings is 1. The first-order valence-corrected chi connectivity index (χ1v) is 21.0. The number of hydrogen-bond donors (Lipinski definition) is 2. The highest BCUT2D eigenvalue weighted by atomic mass is 32.2. The van der Waals surface area contributed by atoms with E-state index in [2.05, 4.69) is 16.9 Å². The van der Waals surface area contributed by atoms with Crippen LogP contribution in [-0.2, 0) is 30.1 Å². The zero-order chi connectivity index (χ0) is 41.5. The number of fused-ring (bicyclic) bond motifs is 1. The van der Waals surface area contributed by atoms with Crippen LogP contribution < -0.4 is 14.8 Å². The number of benzene rings is 1. The van der Waals surface area contributed by atoms with Gasteiger partial charge in [-0.05, 0) is 61.8 Å². The van der Waals surface area contributed by atoms with Gasteiger partial charge in [0.25, 0.3) is 5.91 Å². The first kappa shape index (κ1) is 41.1. The molecule has 0 bridgehead atoms. The van der Waals surface area contributed by atoms with E-state index in [4.69, 9.17) is 14.5 Å². The lowest BCUT2D eigenvalue weighted by Gasteiger charge is -2.37. The van der Waals surface area contributed by atoms with E-state index in [0.717, 1.165) is 4.31 Å². The summed E-state index contributed by atoms with van der Waals surface area (Å²) < 4.78 is 52.0. The number of methoxy groups -OCH3 is 1. The van der Waals surface area contributed by atoms with E-state index in [1.165, 1.54) is 15.9 Å². The normalized spacial score (nSPS) is 24.9. The molecule has 2 unspecified atom stereocenters. The number of aromatic nitrogens is 2. The standard InChI is InChI=1S/C42H51FN6O8S/c1-6-25-22-42(25,40(53)49(58(54)55)27-12-13-27)46-38(51)35-19-29(24-48(35)39(52)31(41(2,3)4)20-37(50)47-17-9-10-26(43)23-47)57-36-21-34(32-11-7-8-16-44-32)45-33-18-28(56-5)14-15-30(33)36/h6-8,11,14-16,18,21,25-27,29,31,35,58H,1,9-10,12-13,17,19-20,22-24H2,2-5H3,(H,46,51)/t25?,26?,29-,31-,35+,42-/m1/s1. The van der Waals surface area contributed by atoms with Crippen molar-refractivity contribution in [2.45, 2.75) is 95.6 Å². The van der Waals surface area contributed by atoms with Gasteiger partial charge in [0.05, 0.1) is 43.0 Å². The quantitative estimate of drug-likeness (QED) is 0.188. The van der Waals surface area contributed by atoms with Gasteiger partial charge in [-0.15, -0.1) is 6.58 Å². The van der Waals surface area contributed by atoms with Gasteiger partial charge in [0, 0.05) is 55.1 Å². The van der Waals surface area contributed by atoms with E-state index >= 15 is 0 Å². The Bertz CT molecular complexity index is 2170. The molecular formula is C42H51FN6O8S. The van der Waals surface area contributed by atoms with E-state index in [1.807, 2.05) is 39.0 Å². The van der Waals surface area contributed by atoms with Gasteiger partial charge in [-0.3, -0.25) is 24.2 Å². The van der Waals surface area contributed by atoms with Crippen molar-refractivity contribution in [2.24, 2.45) is 17.3 Å². The topological polar surface area (TPSA) is 168 Å². The van der Waals surface area contributed by atoms with Crippen LogP contribution in [0.3, 0.4) is 0 Å². The molecule has 2 aliphatic heterocycles. The third kappa shape index (κ3) is 8.38. The highest BCUT2D eigenvalue weighted by Gasteiger charge is 2.63. The number of carbonyl (C=O) groups excluding carboxylic acids is 4. The van der Waals surface area contributed by atoms with Gasteiger partial charge in [0.15, 0.2) is 0 Å². The predicted octanol–water partition coefficient (Wildman–Crippen LogP) is 4.24. The minimum absolute atomic E-state index is 0.0160. The SMILES string of the molecule is C=CC1C[C@]1(NC(=O)[C@@H]1C[C@@H](Oc2cc(-c3ccccn3)nc3cc(OC)ccc23)CN1C(=O)[C@@H](CC(=O)N1CCCC(F)C1)C(C)(C)C)C(=O)N(C1CC1)[SH](=O)=O. The van der Waals surface area contributed by atoms with Crippen LogP contribution in [0.2, 0.25) is 0 Å². The van der Waals surface area contributed by atoms with Gasteiger partial charge in [0.1, 0.15) is 35.4 Å². The Labute approximate surface area is 339 Å². The Morgan fingerprint density at radius 1 is 1.10 bits per heavy atom. The van der Waals surface area contributed by atoms with Crippen molar-refractivity contribution in [3.63, 3.8) is 0 Å². The highest BCUT2D eigenvalue weighted by Crippen LogP contribution is 2.48. The second-order valence-corrected chi connectivity index (χ2v) is 17.8. The second kappa shape index (κ2) is 16.3. The molecule has 7 rings (SSSR count). The molecule has 4 heterocycles. The molecule has 16 heteroatoms. The van der Waals surface area contributed by atoms with Crippen LogP contribution in [0.15, 0.2) is 61.3 Å². The number of alkyl halides is 1. The van der Waals surface area contributed by atoms with Crippen LogP contribution >= 0.6 is 0 Å². The molecule has 6 atom stereocenters. The smallest absolute Gasteiger partial charge is 0.262 e. The third-order valence-electron chi connectivity index (χ3n) is 11.8. The van der Waals surface area contributed by atoms with E-state index in [0.29, 0.717) is 66.0 Å². The number of pyridine rings is 2. The van der Waals surface area contributed by atoms with Gasteiger partial charge >= 0.3 is 0 Å². The summed E-state index contributed by atoms with van der Waals surface area (Å²) in [6, 6.07) is 11.0. The Kier molecular flexibility index (Phi) is 11.5. The third-order valence-corrected chi connectivity index (χ3v) is 12.7. The van der Waals surface area contributed by atoms with Crippen LogP contribution in [0.5, 0.6) is 11.5 Å². The molecule has 2 aliphatic carbocycles. The van der Waals surface area contributed by atoms with Crippen molar-refractivity contribution in [1.82, 2.24) is 29.4 Å². The zero-order valence-corrected chi connectivity index (χ0v) is 34.2. The largest absolute Gasteiger partial charge is 0.497 e. The molecule has 14 nitrogen and oxygen atoms in total. The van der Waals surface area contributed by atoms with Crippen LogP contribution in [0.25, 0.3) is 22.3 Å². The number of likely N-dealkylation sites (tertiary alicyclic amines) is 2. The highest BCUT2D eigenvalue weighted by molar-refractivity contribution is 7.70. The Morgan fingerprint density at radius 2 is 1.88 bits per heavy atom. The van der Waals surface area contributed by atoms with Gasteiger partial charge in [0.2, 0.25) is 28.6 Å². The predicted molar refractivity (Wildman–Crippen MR) is 214 cm³/mol. The maximum Gasteiger partial charge on any atom is 0.262 e. The summed E-state index contributed by atoms with van der Waals surface area (Å²) in [5, 5.41) is 3.53. The molecule has 1 N–H and O–H groups in total. The van der Waals surface area contributed by atoms with E-state index in [1.54, 1.807) is 37.6 Å². The van der Waals surface area contributed by atoms with Gasteiger partial charge in [-0.2, -0.15) is 0 Å². The number of nitrogens with one attached hydrogen (secondary N) is 1. The molecule has 310 valence electrons. The molecule has 2 saturated carbocycles. The van der Waals surface area contributed by atoms with Gasteiger partial charge < -0.3 is 24.6 Å². The Hall–Kier alpha value is -5.12. The minimum atomic E-state index is -3.26. The first-order valence-electron chi connectivity index (χ1n) is 19.8. The number of ether oxygens (including phenoxy) is 2. The fourth-order valence-electron chi connectivity index (χ4n) is 8.24. The van der Waals surface area contributed by atoms with E-state index in [9.17, 15) is 32.0 Å². The maximum atomic E-state index is 14.9. The Balaban J connectivity index is 1.23. The summed E-state index contributed by atoms with van der Waals surface area (Å²) in [6.45, 7) is 9.67. The lowest BCUT2D eigenvalue weighted by molar-refractivity contribution is -0.149. The van der Waals surface area contributed by atoms with Gasteiger partial charge in [-0.25, -0.2) is 22.1 Å². The summed E-state index contributed by atoms with van der Waals surface area (Å²) in [5.41, 5.74) is -0.601. The number of rotatable bonds is 13. The minimum Gasteiger partial charge on any atom is -0.497 e. The van der Waals surface area contributed by atoms with Crippen molar-refractivity contribution < 1.29 is 41.5 Å². The molecule has 58 heavy (non-hydrogen) atoms.